The van der Waals surface area contributed by atoms with E-state index >= 15 is 0 Å². The zero-order chi connectivity index (χ0) is 25.4. The highest BCUT2D eigenvalue weighted by Crippen LogP contribution is 2.42. The Morgan fingerprint density at radius 1 is 1.33 bits per heavy atom. The molecule has 1 aliphatic carbocycles. The molecule has 4 aromatic rings. The fraction of sp³-hybridized carbons (Fsp3) is 0.375. The third kappa shape index (κ3) is 4.63. The van der Waals surface area contributed by atoms with Crippen LogP contribution in [0, 0.1) is 5.92 Å². The first-order valence-electron chi connectivity index (χ1n) is 11.6. The molecule has 2 atom stereocenters. The number of ether oxygens (including phenoxy) is 1. The lowest BCUT2D eigenvalue weighted by atomic mass is 9.87. The Labute approximate surface area is 210 Å². The summed E-state index contributed by atoms with van der Waals surface area (Å²) in [7, 11) is 3.59. The highest BCUT2D eigenvalue weighted by atomic mass is 32.1. The minimum atomic E-state index is -1.10. The van der Waals surface area contributed by atoms with E-state index in [1.807, 2.05) is 12.1 Å². The predicted molar refractivity (Wildman–Crippen MR) is 137 cm³/mol. The molecule has 11 nitrogen and oxygen atoms in total. The molecule has 3 heterocycles. The van der Waals surface area contributed by atoms with Gasteiger partial charge in [0.1, 0.15) is 28.8 Å². The van der Waals surface area contributed by atoms with Gasteiger partial charge >= 0.3 is 6.09 Å². The number of fused-ring (bicyclic) bond motifs is 4. The number of aromatic amines is 1. The molecule has 4 N–H and O–H groups in total. The molecule has 0 unspecified atom stereocenters. The Morgan fingerprint density at radius 2 is 2.17 bits per heavy atom. The van der Waals surface area contributed by atoms with E-state index in [2.05, 4.69) is 30.8 Å². The first kappa shape index (κ1) is 23.8. The van der Waals surface area contributed by atoms with Gasteiger partial charge < -0.3 is 25.4 Å². The van der Waals surface area contributed by atoms with Crippen LogP contribution < -0.4 is 15.4 Å². The molecule has 36 heavy (non-hydrogen) atoms. The van der Waals surface area contributed by atoms with Crippen LogP contribution in [0.5, 0.6) is 5.75 Å². The summed E-state index contributed by atoms with van der Waals surface area (Å²) >= 11 is 1.61. The first-order valence-corrected chi connectivity index (χ1v) is 12.5. The monoisotopic (exact) mass is 509 g/mol. The highest BCUT2D eigenvalue weighted by Gasteiger charge is 2.30. The molecule has 12 heteroatoms. The normalized spacial score (nSPS) is 15.9. The van der Waals surface area contributed by atoms with E-state index in [9.17, 15) is 9.59 Å². The number of hydrogen-bond acceptors (Lipinski definition) is 8. The van der Waals surface area contributed by atoms with Crippen molar-refractivity contribution in [3.05, 3.63) is 35.1 Å². The number of nitrogens with zero attached hydrogens (tertiary/aromatic N) is 4. The van der Waals surface area contributed by atoms with Crippen molar-refractivity contribution in [1.82, 2.24) is 30.4 Å². The van der Waals surface area contributed by atoms with Crippen LogP contribution in [0.4, 0.5) is 16.3 Å². The molecule has 3 aromatic heterocycles. The lowest BCUT2D eigenvalue weighted by molar-refractivity contribution is -0.133. The van der Waals surface area contributed by atoms with Crippen molar-refractivity contribution in [3.63, 3.8) is 0 Å². The molecule has 0 saturated carbocycles. The van der Waals surface area contributed by atoms with Gasteiger partial charge in [0, 0.05) is 36.3 Å². The Kier molecular flexibility index (Phi) is 6.35. The number of amides is 2. The molecule has 0 saturated heterocycles. The van der Waals surface area contributed by atoms with Gasteiger partial charge in [0.05, 0.1) is 29.3 Å². The maximum Gasteiger partial charge on any atom is 0.404 e. The Balaban J connectivity index is 1.49. The topological polar surface area (TPSA) is 145 Å². The molecule has 0 radical (unpaired) electrons. The van der Waals surface area contributed by atoms with E-state index in [1.54, 1.807) is 43.5 Å². The number of benzene rings is 1. The minimum Gasteiger partial charge on any atom is -0.487 e. The molecule has 1 aromatic carbocycles. The van der Waals surface area contributed by atoms with Crippen LogP contribution in [0.3, 0.4) is 0 Å². The Bertz CT molecular complexity index is 1450. The highest BCUT2D eigenvalue weighted by molar-refractivity contribution is 7.19. The summed E-state index contributed by atoms with van der Waals surface area (Å²) in [4.78, 5) is 36.2. The van der Waals surface area contributed by atoms with Gasteiger partial charge in [-0.15, -0.1) is 11.3 Å². The first-order chi connectivity index (χ1) is 17.3. The van der Waals surface area contributed by atoms with Crippen LogP contribution in [-0.2, 0) is 17.6 Å². The van der Waals surface area contributed by atoms with Gasteiger partial charge in [-0.05, 0) is 37.8 Å². The predicted octanol–water partition coefficient (Wildman–Crippen LogP) is 3.54. The summed E-state index contributed by atoms with van der Waals surface area (Å²) in [5.41, 5.74) is 2.67. The van der Waals surface area contributed by atoms with Crippen molar-refractivity contribution in [1.29, 1.82) is 0 Å². The number of rotatable bonds is 7. The van der Waals surface area contributed by atoms with E-state index in [-0.39, 0.29) is 18.4 Å². The number of thiophene rings is 1. The number of hydrogen-bond donors (Lipinski definition) is 4. The van der Waals surface area contributed by atoms with Gasteiger partial charge in [-0.3, -0.25) is 9.89 Å². The molecule has 0 spiro atoms. The van der Waals surface area contributed by atoms with Crippen LogP contribution in [0.15, 0.2) is 24.7 Å². The molecule has 2 amide bonds. The van der Waals surface area contributed by atoms with Crippen molar-refractivity contribution < 1.29 is 19.4 Å². The van der Waals surface area contributed by atoms with Gasteiger partial charge in [0.2, 0.25) is 5.91 Å². The van der Waals surface area contributed by atoms with Crippen molar-refractivity contribution in [2.45, 2.75) is 32.3 Å². The van der Waals surface area contributed by atoms with Crippen molar-refractivity contribution in [3.8, 4) is 5.75 Å². The van der Waals surface area contributed by atoms with Gasteiger partial charge in [-0.2, -0.15) is 5.10 Å². The Morgan fingerprint density at radius 3 is 2.94 bits per heavy atom. The number of carbonyl (C=O) groups excluding carboxylic acids is 1. The average molecular weight is 510 g/mol. The van der Waals surface area contributed by atoms with E-state index in [0.29, 0.717) is 23.7 Å². The van der Waals surface area contributed by atoms with E-state index in [1.165, 1.54) is 16.8 Å². The lowest BCUT2D eigenvalue weighted by Crippen LogP contribution is -2.32. The standard InChI is InChI=1S/C24H27N7O4S/c1-12(9-25-24(33)34)35-18-8-16-14(10-28-30-16)6-17(18)29-21-20-15-5-4-13(23(32)31(2)3)7-19(15)36-22(20)27-11-26-21/h6,8,10-13,25H,4-5,7,9H2,1-3H3,(H,28,30)(H,33,34)(H,26,27,29)/t12-,13+/m1/s1. The summed E-state index contributed by atoms with van der Waals surface area (Å²) < 4.78 is 6.10. The molecule has 0 bridgehead atoms. The largest absolute Gasteiger partial charge is 0.487 e. The molecule has 5 rings (SSSR count). The third-order valence-electron chi connectivity index (χ3n) is 6.30. The van der Waals surface area contributed by atoms with E-state index < -0.39 is 12.2 Å². The average Bonchev–Trinajstić information content (AvgIpc) is 3.46. The van der Waals surface area contributed by atoms with Crippen molar-refractivity contribution in [2.24, 2.45) is 5.92 Å². The molecule has 0 fully saturated rings. The number of aromatic nitrogens is 4. The van der Waals surface area contributed by atoms with Crippen LogP contribution in [-0.4, -0.2) is 68.9 Å². The van der Waals surface area contributed by atoms with Crippen molar-refractivity contribution >= 4 is 56.0 Å². The summed E-state index contributed by atoms with van der Waals surface area (Å²) in [6, 6.07) is 3.75. The van der Waals surface area contributed by atoms with Crippen LogP contribution in [0.25, 0.3) is 21.1 Å². The summed E-state index contributed by atoms with van der Waals surface area (Å²) in [6.45, 7) is 1.93. The summed E-state index contributed by atoms with van der Waals surface area (Å²) in [5.74, 6) is 1.34. The molecular weight excluding hydrogens is 482 g/mol. The third-order valence-corrected chi connectivity index (χ3v) is 7.46. The summed E-state index contributed by atoms with van der Waals surface area (Å²) in [5, 5.41) is 23.6. The van der Waals surface area contributed by atoms with Gasteiger partial charge in [-0.25, -0.2) is 14.8 Å². The van der Waals surface area contributed by atoms with Gasteiger partial charge in [0.25, 0.3) is 0 Å². The molecule has 188 valence electrons. The number of carbonyl (C=O) groups is 2. The second-order valence-electron chi connectivity index (χ2n) is 9.12. The van der Waals surface area contributed by atoms with Gasteiger partial charge in [0.15, 0.2) is 0 Å². The van der Waals surface area contributed by atoms with E-state index in [4.69, 9.17) is 9.84 Å². The van der Waals surface area contributed by atoms with E-state index in [0.717, 1.165) is 34.0 Å². The fourth-order valence-electron chi connectivity index (χ4n) is 4.56. The maximum absolute atomic E-state index is 12.6. The minimum absolute atomic E-state index is 0.0191. The lowest BCUT2D eigenvalue weighted by Gasteiger charge is -2.24. The quantitative estimate of drug-likeness (QED) is 0.296. The number of anilines is 2. The fourth-order valence-corrected chi connectivity index (χ4v) is 5.83. The number of nitrogens with one attached hydrogen (secondary N) is 3. The van der Waals surface area contributed by atoms with Crippen molar-refractivity contribution in [2.75, 3.05) is 26.0 Å². The second-order valence-corrected chi connectivity index (χ2v) is 10.2. The Hall–Kier alpha value is -3.93. The van der Waals surface area contributed by atoms with Gasteiger partial charge in [-0.1, -0.05) is 0 Å². The second kappa shape index (κ2) is 9.61. The van der Waals surface area contributed by atoms with Crippen LogP contribution in [0.1, 0.15) is 23.8 Å². The summed E-state index contributed by atoms with van der Waals surface area (Å²) in [6.07, 6.45) is 4.02. The maximum atomic E-state index is 12.6. The van der Waals surface area contributed by atoms with Crippen LogP contribution in [0.2, 0.25) is 0 Å². The number of aryl methyl sites for hydroxylation is 1. The smallest absolute Gasteiger partial charge is 0.404 e. The molecule has 0 aliphatic heterocycles. The SMILES string of the molecule is C[C@H](CNC(=O)O)Oc1cc2[nH]ncc2cc1Nc1ncnc2sc3c(c12)CC[C@H](C(=O)N(C)C)C3. The zero-order valence-electron chi connectivity index (χ0n) is 20.2. The van der Waals surface area contributed by atoms with Crippen LogP contribution >= 0.6 is 11.3 Å². The molecule has 1 aliphatic rings. The molecular formula is C24H27N7O4S. The number of carboxylic acid groups (broad SMARTS) is 1. The number of H-pyrrole nitrogens is 1. The zero-order valence-corrected chi connectivity index (χ0v) is 21.0.